The minimum Gasteiger partial charge on any atom is -0.469 e. The zero-order valence-electron chi connectivity index (χ0n) is 18.6. The average Bonchev–Trinajstić information content (AvgIpc) is 2.78. The molecule has 1 saturated heterocycles. The van der Waals surface area contributed by atoms with Gasteiger partial charge in [0.25, 0.3) is 0 Å². The second kappa shape index (κ2) is 11.7. The van der Waals surface area contributed by atoms with Gasteiger partial charge in [0.1, 0.15) is 16.5 Å². The number of rotatable bonds is 10. The molecular formula is C21H30F2N2O6S. The van der Waals surface area contributed by atoms with E-state index in [9.17, 15) is 26.8 Å². The van der Waals surface area contributed by atoms with Crippen molar-refractivity contribution in [3.63, 3.8) is 0 Å². The van der Waals surface area contributed by atoms with Gasteiger partial charge in [0.15, 0.2) is 0 Å². The summed E-state index contributed by atoms with van der Waals surface area (Å²) in [5, 5.41) is 0. The molecule has 1 fully saturated rings. The molecular weight excluding hydrogens is 446 g/mol. The molecule has 1 atom stereocenters. The monoisotopic (exact) mass is 476 g/mol. The molecule has 180 valence electrons. The third kappa shape index (κ3) is 6.46. The van der Waals surface area contributed by atoms with E-state index in [-0.39, 0.29) is 38.4 Å². The Kier molecular flexibility index (Phi) is 9.53. The van der Waals surface area contributed by atoms with Crippen LogP contribution >= 0.6 is 0 Å². The molecule has 0 bridgehead atoms. The lowest BCUT2D eigenvalue weighted by atomic mass is 9.96. The van der Waals surface area contributed by atoms with Gasteiger partial charge in [-0.2, -0.15) is 4.31 Å². The Morgan fingerprint density at radius 3 is 2.50 bits per heavy atom. The number of hydrogen-bond donors (Lipinski definition) is 0. The first-order valence-electron chi connectivity index (χ1n) is 10.5. The van der Waals surface area contributed by atoms with E-state index in [0.717, 1.165) is 16.4 Å². The summed E-state index contributed by atoms with van der Waals surface area (Å²) in [5.74, 6) is -3.48. The first kappa shape index (κ1) is 26.1. The lowest BCUT2D eigenvalue weighted by molar-refractivity contribution is -0.147. The predicted octanol–water partition coefficient (Wildman–Crippen LogP) is 2.04. The van der Waals surface area contributed by atoms with Gasteiger partial charge in [-0.1, -0.05) is 6.92 Å². The highest BCUT2D eigenvalue weighted by atomic mass is 32.2. The average molecular weight is 477 g/mol. The fourth-order valence-electron chi connectivity index (χ4n) is 3.63. The number of methoxy groups -OCH3 is 1. The van der Waals surface area contributed by atoms with E-state index < -0.39 is 44.4 Å². The number of halogens is 2. The van der Waals surface area contributed by atoms with Crippen LogP contribution in [0.2, 0.25) is 0 Å². The zero-order chi connectivity index (χ0) is 23.9. The number of sulfonamides is 1. The summed E-state index contributed by atoms with van der Waals surface area (Å²) in [6, 6.07) is 2.29. The summed E-state index contributed by atoms with van der Waals surface area (Å²) in [6.07, 6.45) is 0.458. The molecule has 0 aliphatic carbocycles. The van der Waals surface area contributed by atoms with Crippen LogP contribution in [-0.4, -0.2) is 76.0 Å². The van der Waals surface area contributed by atoms with Gasteiger partial charge in [-0.3, -0.25) is 9.59 Å². The van der Waals surface area contributed by atoms with Crippen molar-refractivity contribution in [2.75, 3.05) is 46.5 Å². The van der Waals surface area contributed by atoms with Crippen LogP contribution in [0.25, 0.3) is 0 Å². The fourth-order valence-corrected chi connectivity index (χ4v) is 5.18. The van der Waals surface area contributed by atoms with Gasteiger partial charge < -0.3 is 14.4 Å². The summed E-state index contributed by atoms with van der Waals surface area (Å²) in [6.45, 7) is 4.74. The smallest absolute Gasteiger partial charge is 0.310 e. The van der Waals surface area contributed by atoms with Crippen LogP contribution in [0.5, 0.6) is 0 Å². The molecule has 11 heteroatoms. The normalized spacial score (nSPS) is 16.5. The van der Waals surface area contributed by atoms with E-state index in [4.69, 9.17) is 9.47 Å². The third-order valence-corrected chi connectivity index (χ3v) is 7.35. The SMILES string of the molecule is CCOCCN(C[C@H](C)C(=O)OC)C(=O)C1CCN(S(=O)(=O)c2cc(F)ccc2F)CC1. The van der Waals surface area contributed by atoms with Crippen LogP contribution in [0.4, 0.5) is 8.78 Å². The first-order chi connectivity index (χ1) is 15.1. The molecule has 1 aliphatic rings. The van der Waals surface area contributed by atoms with Crippen molar-refractivity contribution in [1.82, 2.24) is 9.21 Å². The number of amides is 1. The maximum absolute atomic E-state index is 14.0. The Hall–Kier alpha value is -2.11. The molecule has 0 aromatic heterocycles. The summed E-state index contributed by atoms with van der Waals surface area (Å²) in [5.41, 5.74) is 0. The second-order valence-electron chi connectivity index (χ2n) is 7.66. The van der Waals surface area contributed by atoms with Crippen LogP contribution in [-0.2, 0) is 29.1 Å². The van der Waals surface area contributed by atoms with Gasteiger partial charge in [0.05, 0.1) is 19.6 Å². The van der Waals surface area contributed by atoms with E-state index in [2.05, 4.69) is 0 Å². The number of piperidine rings is 1. The summed E-state index contributed by atoms with van der Waals surface area (Å²) < 4.78 is 64.1. The molecule has 1 aliphatic heterocycles. The van der Waals surface area contributed by atoms with Crippen LogP contribution in [0.3, 0.4) is 0 Å². The highest BCUT2D eigenvalue weighted by molar-refractivity contribution is 7.89. The second-order valence-corrected chi connectivity index (χ2v) is 9.56. The van der Waals surface area contributed by atoms with Gasteiger partial charge in [-0.15, -0.1) is 0 Å². The van der Waals surface area contributed by atoms with Crippen molar-refractivity contribution in [3.8, 4) is 0 Å². The van der Waals surface area contributed by atoms with E-state index in [1.807, 2.05) is 6.92 Å². The quantitative estimate of drug-likeness (QED) is 0.379. The molecule has 8 nitrogen and oxygen atoms in total. The van der Waals surface area contributed by atoms with E-state index in [1.54, 1.807) is 6.92 Å². The number of hydrogen-bond acceptors (Lipinski definition) is 6. The number of carbonyl (C=O) groups is 2. The Labute approximate surface area is 187 Å². The molecule has 1 amide bonds. The van der Waals surface area contributed by atoms with Crippen molar-refractivity contribution >= 4 is 21.9 Å². The molecule has 32 heavy (non-hydrogen) atoms. The lowest BCUT2D eigenvalue weighted by Gasteiger charge is -2.34. The van der Waals surface area contributed by atoms with Crippen molar-refractivity contribution in [3.05, 3.63) is 29.8 Å². The van der Waals surface area contributed by atoms with Crippen molar-refractivity contribution in [1.29, 1.82) is 0 Å². The lowest BCUT2D eigenvalue weighted by Crippen LogP contribution is -2.47. The van der Waals surface area contributed by atoms with Gasteiger partial charge in [-0.05, 0) is 38.0 Å². The Morgan fingerprint density at radius 2 is 1.91 bits per heavy atom. The predicted molar refractivity (Wildman–Crippen MR) is 112 cm³/mol. The number of benzene rings is 1. The highest BCUT2D eigenvalue weighted by Crippen LogP contribution is 2.27. The largest absolute Gasteiger partial charge is 0.469 e. The number of ether oxygens (including phenoxy) is 2. The van der Waals surface area contributed by atoms with Crippen LogP contribution in [0.1, 0.15) is 26.7 Å². The number of carbonyl (C=O) groups excluding carboxylic acids is 2. The zero-order valence-corrected chi connectivity index (χ0v) is 19.4. The van der Waals surface area contributed by atoms with Crippen molar-refractivity contribution < 1.29 is 36.3 Å². The van der Waals surface area contributed by atoms with E-state index in [1.165, 1.54) is 12.0 Å². The number of esters is 1. The van der Waals surface area contributed by atoms with Crippen LogP contribution < -0.4 is 0 Å². The van der Waals surface area contributed by atoms with E-state index >= 15 is 0 Å². The topological polar surface area (TPSA) is 93.2 Å². The summed E-state index contributed by atoms with van der Waals surface area (Å²) in [4.78, 5) is 25.7. The fraction of sp³-hybridized carbons (Fsp3) is 0.619. The molecule has 1 aromatic rings. The Bertz CT molecular complexity index is 904. The van der Waals surface area contributed by atoms with Gasteiger partial charge in [0.2, 0.25) is 15.9 Å². The summed E-state index contributed by atoms with van der Waals surface area (Å²) in [7, 11) is -2.94. The molecule has 1 heterocycles. The van der Waals surface area contributed by atoms with Gasteiger partial charge in [-0.25, -0.2) is 17.2 Å². The molecule has 0 spiro atoms. The number of nitrogens with zero attached hydrogens (tertiary/aromatic N) is 2. The van der Waals surface area contributed by atoms with Gasteiger partial charge in [0, 0.05) is 38.7 Å². The molecule has 0 unspecified atom stereocenters. The Balaban J connectivity index is 2.07. The molecule has 1 aromatic carbocycles. The summed E-state index contributed by atoms with van der Waals surface area (Å²) >= 11 is 0. The maximum Gasteiger partial charge on any atom is 0.310 e. The standard InChI is InChI=1S/C21H30F2N2O6S/c1-4-31-12-11-24(14-15(2)21(27)30-3)20(26)16-7-9-25(10-8-16)32(28,29)19-13-17(22)5-6-18(19)23/h5-6,13,15-16H,4,7-12,14H2,1-3H3/t15-/m0/s1. The van der Waals surface area contributed by atoms with Crippen molar-refractivity contribution in [2.45, 2.75) is 31.6 Å². The van der Waals surface area contributed by atoms with Crippen LogP contribution in [0, 0.1) is 23.5 Å². The minimum atomic E-state index is -4.22. The molecule has 0 saturated carbocycles. The molecule has 2 rings (SSSR count). The highest BCUT2D eigenvalue weighted by Gasteiger charge is 2.35. The van der Waals surface area contributed by atoms with E-state index in [0.29, 0.717) is 25.8 Å². The Morgan fingerprint density at radius 1 is 1.25 bits per heavy atom. The molecule has 0 radical (unpaired) electrons. The molecule has 0 N–H and O–H groups in total. The minimum absolute atomic E-state index is 0.000544. The maximum atomic E-state index is 14.0. The van der Waals surface area contributed by atoms with Crippen LogP contribution in [0.15, 0.2) is 23.1 Å². The third-order valence-electron chi connectivity index (χ3n) is 5.43. The van der Waals surface area contributed by atoms with Gasteiger partial charge >= 0.3 is 5.97 Å². The first-order valence-corrected chi connectivity index (χ1v) is 11.9. The van der Waals surface area contributed by atoms with Crippen molar-refractivity contribution in [2.24, 2.45) is 11.8 Å².